The summed E-state index contributed by atoms with van der Waals surface area (Å²) in [5.74, 6) is 0.498. The van der Waals surface area contributed by atoms with Crippen LogP contribution in [-0.2, 0) is 0 Å². The number of urea groups is 1. The number of rotatable bonds is 1. The van der Waals surface area contributed by atoms with E-state index in [2.05, 4.69) is 15.6 Å². The van der Waals surface area contributed by atoms with Crippen LogP contribution in [0.25, 0.3) is 0 Å². The second-order valence-electron chi connectivity index (χ2n) is 3.70. The minimum Gasteiger partial charge on any atom is -0.326 e. The minimum absolute atomic E-state index is 0.167. The van der Waals surface area contributed by atoms with E-state index in [-0.39, 0.29) is 16.9 Å². The third-order valence-electron chi connectivity index (χ3n) is 2.59. The lowest BCUT2D eigenvalue weighted by Gasteiger charge is -2.23. The van der Waals surface area contributed by atoms with Gasteiger partial charge in [0.1, 0.15) is 5.82 Å². The number of amides is 2. The molecule has 3 rings (SSSR count). The molecule has 2 heterocycles. The highest BCUT2D eigenvalue weighted by atomic mass is 32.1. The van der Waals surface area contributed by atoms with Gasteiger partial charge in [-0.2, -0.15) is 0 Å². The molecule has 17 heavy (non-hydrogen) atoms. The molecule has 86 valence electrons. The molecule has 0 fully saturated rings. The van der Waals surface area contributed by atoms with Crippen molar-refractivity contribution < 1.29 is 4.79 Å². The molecule has 1 unspecified atom stereocenters. The van der Waals surface area contributed by atoms with E-state index in [0.717, 1.165) is 21.8 Å². The van der Waals surface area contributed by atoms with E-state index >= 15 is 0 Å². The number of hydrogen-bond donors (Lipinski definition) is 3. The first kappa shape index (κ1) is 10.1. The number of hydrogen-bond acceptors (Lipinski definition) is 3. The van der Waals surface area contributed by atoms with E-state index in [9.17, 15) is 9.59 Å². The first-order valence-electron chi connectivity index (χ1n) is 5.09. The average Bonchev–Trinajstić information content (AvgIpc) is 2.69. The number of benzene rings is 1. The number of anilines is 1. The van der Waals surface area contributed by atoms with Crippen molar-refractivity contribution in [1.29, 1.82) is 0 Å². The summed E-state index contributed by atoms with van der Waals surface area (Å²) in [5.41, 5.74) is 0.957. The monoisotopic (exact) mass is 247 g/mol. The van der Waals surface area contributed by atoms with Crippen LogP contribution in [0.4, 0.5) is 10.6 Å². The maximum absolute atomic E-state index is 11.5. The van der Waals surface area contributed by atoms with Gasteiger partial charge >= 0.3 is 10.9 Å². The number of carbonyl (C=O) groups excluding carboxylic acids is 1. The van der Waals surface area contributed by atoms with Gasteiger partial charge in [-0.15, -0.1) is 0 Å². The van der Waals surface area contributed by atoms with E-state index in [4.69, 9.17) is 0 Å². The molecule has 1 atom stereocenters. The molecular formula is C11H9N3O2S. The van der Waals surface area contributed by atoms with E-state index in [1.54, 1.807) is 0 Å². The third-order valence-corrected chi connectivity index (χ3v) is 3.53. The molecule has 1 aliphatic rings. The molecule has 0 spiro atoms. The fraction of sp³-hybridized carbons (Fsp3) is 0.0909. The SMILES string of the molecule is O=C1Nc2[nH]c(=O)sc2C(c2ccccc2)N1. The Labute approximate surface area is 100 Å². The topological polar surface area (TPSA) is 74.0 Å². The first-order chi connectivity index (χ1) is 8.24. The van der Waals surface area contributed by atoms with Gasteiger partial charge in [0.25, 0.3) is 0 Å². The molecule has 6 heteroatoms. The predicted molar refractivity (Wildman–Crippen MR) is 65.4 cm³/mol. The molecule has 1 aromatic heterocycles. The number of aromatic nitrogens is 1. The number of thiazole rings is 1. The third kappa shape index (κ3) is 1.72. The van der Waals surface area contributed by atoms with Gasteiger partial charge in [0.2, 0.25) is 0 Å². The first-order valence-corrected chi connectivity index (χ1v) is 5.91. The Kier molecular flexibility index (Phi) is 2.22. The second kappa shape index (κ2) is 3.74. The zero-order valence-electron chi connectivity index (χ0n) is 8.69. The van der Waals surface area contributed by atoms with Crippen LogP contribution in [0.1, 0.15) is 16.5 Å². The molecule has 2 aromatic rings. The molecule has 1 aromatic carbocycles. The van der Waals surface area contributed by atoms with Crippen molar-refractivity contribution in [3.63, 3.8) is 0 Å². The van der Waals surface area contributed by atoms with Crippen LogP contribution in [0, 0.1) is 0 Å². The highest BCUT2D eigenvalue weighted by Crippen LogP contribution is 2.31. The molecule has 1 aliphatic heterocycles. The minimum atomic E-state index is -0.305. The Morgan fingerprint density at radius 2 is 1.88 bits per heavy atom. The van der Waals surface area contributed by atoms with Crippen molar-refractivity contribution in [3.8, 4) is 0 Å². The van der Waals surface area contributed by atoms with Crippen molar-refractivity contribution in [3.05, 3.63) is 50.4 Å². The van der Waals surface area contributed by atoms with Gasteiger partial charge in [-0.05, 0) is 5.56 Å². The zero-order chi connectivity index (χ0) is 11.8. The number of carbonyl (C=O) groups is 1. The summed E-state index contributed by atoms with van der Waals surface area (Å²) in [6, 6.07) is 8.99. The highest BCUT2D eigenvalue weighted by Gasteiger charge is 2.28. The standard InChI is InChI=1S/C11H9N3O2S/c15-10-12-7(6-4-2-1-3-5-6)8-9(13-10)14-11(16)17-8/h1-5,7H,(H,14,16)(H2,12,13,15). The molecule has 2 amide bonds. The lowest BCUT2D eigenvalue weighted by atomic mass is 10.0. The Balaban J connectivity index is 2.12. The Morgan fingerprint density at radius 1 is 1.12 bits per heavy atom. The van der Waals surface area contributed by atoms with Gasteiger partial charge in [0.05, 0.1) is 10.9 Å². The van der Waals surface area contributed by atoms with Crippen molar-refractivity contribution >= 4 is 23.2 Å². The smallest absolute Gasteiger partial charge is 0.321 e. The van der Waals surface area contributed by atoms with Crippen LogP contribution in [0.5, 0.6) is 0 Å². The van der Waals surface area contributed by atoms with E-state index in [0.29, 0.717) is 5.82 Å². The van der Waals surface area contributed by atoms with Crippen molar-refractivity contribution in [2.45, 2.75) is 6.04 Å². The van der Waals surface area contributed by atoms with Crippen molar-refractivity contribution in [1.82, 2.24) is 10.3 Å². The molecular weight excluding hydrogens is 238 g/mol. The van der Waals surface area contributed by atoms with Gasteiger partial charge in [0, 0.05) is 0 Å². The maximum Gasteiger partial charge on any atom is 0.321 e. The van der Waals surface area contributed by atoms with Gasteiger partial charge in [0.15, 0.2) is 0 Å². The van der Waals surface area contributed by atoms with Gasteiger partial charge in [-0.25, -0.2) is 4.79 Å². The van der Waals surface area contributed by atoms with Crippen molar-refractivity contribution in [2.75, 3.05) is 5.32 Å². The number of aromatic amines is 1. The quantitative estimate of drug-likeness (QED) is 0.717. The zero-order valence-corrected chi connectivity index (χ0v) is 9.51. The van der Waals surface area contributed by atoms with E-state index in [1.807, 2.05) is 30.3 Å². The van der Waals surface area contributed by atoms with Gasteiger partial charge in [-0.3, -0.25) is 15.1 Å². The summed E-state index contributed by atoms with van der Waals surface area (Å²) in [6.45, 7) is 0. The summed E-state index contributed by atoms with van der Waals surface area (Å²) in [5, 5.41) is 5.39. The Hall–Kier alpha value is -2.08. The summed E-state index contributed by atoms with van der Waals surface area (Å²) in [4.78, 5) is 26.1. The fourth-order valence-corrected chi connectivity index (χ4v) is 2.73. The van der Waals surface area contributed by atoms with Crippen molar-refractivity contribution in [2.24, 2.45) is 0 Å². The molecule has 3 N–H and O–H groups in total. The average molecular weight is 247 g/mol. The summed E-state index contributed by atoms with van der Waals surface area (Å²) in [6.07, 6.45) is 0. The lowest BCUT2D eigenvalue weighted by molar-refractivity contribution is 0.249. The Morgan fingerprint density at radius 3 is 2.65 bits per heavy atom. The highest BCUT2D eigenvalue weighted by molar-refractivity contribution is 7.09. The largest absolute Gasteiger partial charge is 0.326 e. The van der Waals surface area contributed by atoms with Crippen LogP contribution >= 0.6 is 11.3 Å². The van der Waals surface area contributed by atoms with Crippen LogP contribution in [0.2, 0.25) is 0 Å². The Bertz CT molecular complexity index is 617. The molecule has 0 saturated heterocycles. The number of fused-ring (bicyclic) bond motifs is 1. The summed E-state index contributed by atoms with van der Waals surface area (Å²) < 4.78 is 0. The number of H-pyrrole nitrogens is 1. The van der Waals surface area contributed by atoms with Crippen LogP contribution < -0.4 is 15.5 Å². The van der Waals surface area contributed by atoms with E-state index < -0.39 is 0 Å². The van der Waals surface area contributed by atoms with Gasteiger partial charge < -0.3 is 5.32 Å². The van der Waals surface area contributed by atoms with Crippen LogP contribution in [0.3, 0.4) is 0 Å². The second-order valence-corrected chi connectivity index (χ2v) is 4.71. The lowest BCUT2D eigenvalue weighted by Crippen LogP contribution is -2.37. The number of nitrogens with one attached hydrogen (secondary N) is 3. The van der Waals surface area contributed by atoms with E-state index in [1.165, 1.54) is 0 Å². The van der Waals surface area contributed by atoms with Crippen LogP contribution in [0.15, 0.2) is 35.1 Å². The molecule has 0 radical (unpaired) electrons. The van der Waals surface area contributed by atoms with Crippen LogP contribution in [-0.4, -0.2) is 11.0 Å². The molecule has 0 aliphatic carbocycles. The molecule has 0 bridgehead atoms. The van der Waals surface area contributed by atoms with Gasteiger partial charge in [-0.1, -0.05) is 41.7 Å². The summed E-state index contributed by atoms with van der Waals surface area (Å²) >= 11 is 1.11. The molecule has 0 saturated carbocycles. The normalized spacial score (nSPS) is 18.1. The fourth-order valence-electron chi connectivity index (χ4n) is 1.86. The molecule has 5 nitrogen and oxygen atoms in total. The summed E-state index contributed by atoms with van der Waals surface area (Å²) in [7, 11) is 0. The predicted octanol–water partition coefficient (Wildman–Crippen LogP) is 1.66. The maximum atomic E-state index is 11.5.